The van der Waals surface area contributed by atoms with Crippen LogP contribution in [0.15, 0.2) is 54.6 Å². The Morgan fingerprint density at radius 3 is 2.32 bits per heavy atom. The summed E-state index contributed by atoms with van der Waals surface area (Å²) in [7, 11) is 0. The molecule has 174 valence electrons. The standard InChI is InChI=1S/C27H26N2O5/c30-22-12-19(15-28(22)14-16-5-2-1-3-6-16)27(33)34-21-8-4-7-20(13-21)29-25(31)23-17-9-10-18(11-17)24(23)26(29)32/h1-8,13,17-19,23-24H,9-12,14-15H2/t17-,18-,19-,23+,24+/m0/s1. The molecule has 2 heterocycles. The van der Waals surface area contributed by atoms with Gasteiger partial charge in [0.2, 0.25) is 17.7 Å². The van der Waals surface area contributed by atoms with Gasteiger partial charge >= 0.3 is 5.97 Å². The Balaban J connectivity index is 1.14. The average molecular weight is 459 g/mol. The Kier molecular flexibility index (Phi) is 5.01. The molecule has 5 atom stereocenters. The van der Waals surface area contributed by atoms with Crippen LogP contribution in [0.5, 0.6) is 5.75 Å². The van der Waals surface area contributed by atoms with E-state index < -0.39 is 11.9 Å². The lowest BCUT2D eigenvalue weighted by molar-refractivity contribution is -0.139. The van der Waals surface area contributed by atoms with Crippen LogP contribution in [0.3, 0.4) is 0 Å². The third-order valence-electron chi connectivity index (χ3n) is 7.99. The lowest BCUT2D eigenvalue weighted by Gasteiger charge is -2.19. The first-order valence-electron chi connectivity index (χ1n) is 12.0. The maximum atomic E-state index is 13.1. The van der Waals surface area contributed by atoms with Gasteiger partial charge in [-0.2, -0.15) is 0 Å². The van der Waals surface area contributed by atoms with Crippen molar-refractivity contribution < 1.29 is 23.9 Å². The molecule has 3 amide bonds. The molecule has 0 radical (unpaired) electrons. The normalized spacial score (nSPS) is 29.8. The number of carbonyl (C=O) groups is 4. The summed E-state index contributed by atoms with van der Waals surface area (Å²) in [6.07, 6.45) is 3.15. The molecule has 2 bridgehead atoms. The summed E-state index contributed by atoms with van der Waals surface area (Å²) in [6.45, 7) is 0.768. The number of carbonyl (C=O) groups excluding carboxylic acids is 4. The SMILES string of the molecule is O=C(Oc1cccc(N2C(=O)[C@@H]3[C@H]4CC[C@@H](C4)[C@H]3C2=O)c1)[C@H]1CC(=O)N(Cc2ccccc2)C1. The molecule has 6 rings (SSSR count). The molecule has 34 heavy (non-hydrogen) atoms. The van der Waals surface area contributed by atoms with Gasteiger partial charge in [-0.15, -0.1) is 0 Å². The number of likely N-dealkylation sites (tertiary alicyclic amines) is 1. The molecule has 2 aromatic carbocycles. The zero-order valence-corrected chi connectivity index (χ0v) is 18.8. The number of anilines is 1. The Hall–Kier alpha value is -3.48. The summed E-state index contributed by atoms with van der Waals surface area (Å²) in [5.41, 5.74) is 1.46. The van der Waals surface area contributed by atoms with Crippen LogP contribution in [-0.2, 0) is 25.7 Å². The molecule has 2 aromatic rings. The maximum absolute atomic E-state index is 13.1. The van der Waals surface area contributed by atoms with E-state index in [2.05, 4.69) is 0 Å². The number of fused-ring (bicyclic) bond motifs is 5. The molecule has 4 aliphatic rings. The summed E-state index contributed by atoms with van der Waals surface area (Å²) in [5, 5.41) is 0. The van der Waals surface area contributed by atoms with Crippen LogP contribution in [0.4, 0.5) is 5.69 Å². The van der Waals surface area contributed by atoms with Crippen molar-refractivity contribution in [1.82, 2.24) is 4.90 Å². The van der Waals surface area contributed by atoms with Gasteiger partial charge in [-0.1, -0.05) is 36.4 Å². The predicted octanol–water partition coefficient (Wildman–Crippen LogP) is 3.18. The monoisotopic (exact) mass is 458 g/mol. The molecule has 7 nitrogen and oxygen atoms in total. The van der Waals surface area contributed by atoms with Gasteiger partial charge in [0, 0.05) is 25.6 Å². The highest BCUT2D eigenvalue weighted by Crippen LogP contribution is 2.56. The predicted molar refractivity (Wildman–Crippen MR) is 122 cm³/mol. The van der Waals surface area contributed by atoms with Crippen LogP contribution in [0.2, 0.25) is 0 Å². The van der Waals surface area contributed by atoms with Gasteiger partial charge in [0.15, 0.2) is 0 Å². The van der Waals surface area contributed by atoms with Gasteiger partial charge in [-0.05, 0) is 48.8 Å². The molecule has 2 aliphatic carbocycles. The number of hydrogen-bond acceptors (Lipinski definition) is 5. The molecule has 0 aromatic heterocycles. The van der Waals surface area contributed by atoms with E-state index in [4.69, 9.17) is 4.74 Å². The molecule has 2 saturated heterocycles. The van der Waals surface area contributed by atoms with Crippen molar-refractivity contribution in [2.45, 2.75) is 32.2 Å². The largest absolute Gasteiger partial charge is 0.426 e. The second-order valence-electron chi connectivity index (χ2n) is 9.98. The summed E-state index contributed by atoms with van der Waals surface area (Å²) in [6, 6.07) is 16.3. The Morgan fingerprint density at radius 1 is 0.912 bits per heavy atom. The molecule has 0 unspecified atom stereocenters. The number of nitrogens with zero attached hydrogens (tertiary/aromatic N) is 2. The highest BCUT2D eigenvalue weighted by Gasteiger charge is 2.61. The number of esters is 1. The van der Waals surface area contributed by atoms with Crippen LogP contribution in [0, 0.1) is 29.6 Å². The summed E-state index contributed by atoms with van der Waals surface area (Å²) < 4.78 is 5.60. The third kappa shape index (κ3) is 3.42. The molecule has 0 spiro atoms. The Morgan fingerprint density at radius 2 is 1.62 bits per heavy atom. The van der Waals surface area contributed by atoms with E-state index in [0.717, 1.165) is 24.8 Å². The Labute approximate surface area is 197 Å². The van der Waals surface area contributed by atoms with Gasteiger partial charge in [-0.25, -0.2) is 4.90 Å². The lowest BCUT2D eigenvalue weighted by atomic mass is 9.81. The van der Waals surface area contributed by atoms with Crippen LogP contribution in [0.25, 0.3) is 0 Å². The molecular weight excluding hydrogens is 432 g/mol. The second kappa shape index (κ2) is 8.08. The fraction of sp³-hybridized carbons (Fsp3) is 0.407. The zero-order chi connectivity index (χ0) is 23.4. The first-order valence-corrected chi connectivity index (χ1v) is 12.0. The molecule has 2 aliphatic heterocycles. The quantitative estimate of drug-likeness (QED) is 0.390. The zero-order valence-electron chi connectivity index (χ0n) is 18.8. The van der Waals surface area contributed by atoms with E-state index in [0.29, 0.717) is 30.6 Å². The molecule has 4 fully saturated rings. The molecule has 7 heteroatoms. The minimum atomic E-state index is -0.551. The fourth-order valence-corrected chi connectivity index (χ4v) is 6.44. The summed E-state index contributed by atoms with van der Waals surface area (Å²) >= 11 is 0. The van der Waals surface area contributed by atoms with Crippen molar-refractivity contribution in [2.75, 3.05) is 11.4 Å². The lowest BCUT2D eigenvalue weighted by Crippen LogP contribution is -2.32. The third-order valence-corrected chi connectivity index (χ3v) is 7.99. The molecule has 2 saturated carbocycles. The van der Waals surface area contributed by atoms with Gasteiger partial charge in [-0.3, -0.25) is 19.2 Å². The number of rotatable bonds is 5. The van der Waals surface area contributed by atoms with Crippen LogP contribution in [0.1, 0.15) is 31.2 Å². The van der Waals surface area contributed by atoms with E-state index in [9.17, 15) is 19.2 Å². The number of amides is 3. The van der Waals surface area contributed by atoms with E-state index >= 15 is 0 Å². The van der Waals surface area contributed by atoms with Gasteiger partial charge in [0.1, 0.15) is 5.75 Å². The molecular formula is C27H26N2O5. The smallest absolute Gasteiger partial charge is 0.316 e. The van der Waals surface area contributed by atoms with E-state index in [1.54, 1.807) is 29.2 Å². The van der Waals surface area contributed by atoms with Crippen molar-refractivity contribution in [1.29, 1.82) is 0 Å². The first-order chi connectivity index (χ1) is 16.5. The van der Waals surface area contributed by atoms with E-state index in [1.807, 2.05) is 30.3 Å². The second-order valence-corrected chi connectivity index (χ2v) is 9.98. The van der Waals surface area contributed by atoms with Crippen molar-refractivity contribution in [3.8, 4) is 5.75 Å². The summed E-state index contributed by atoms with van der Waals surface area (Å²) in [5.74, 6) is -0.833. The van der Waals surface area contributed by atoms with Crippen LogP contribution in [-0.4, -0.2) is 35.1 Å². The maximum Gasteiger partial charge on any atom is 0.316 e. The van der Waals surface area contributed by atoms with Crippen LogP contribution >= 0.6 is 0 Å². The average Bonchev–Trinajstić information content (AvgIpc) is 3.59. The first kappa shape index (κ1) is 21.1. The van der Waals surface area contributed by atoms with Crippen molar-refractivity contribution in [2.24, 2.45) is 29.6 Å². The van der Waals surface area contributed by atoms with E-state index in [-0.39, 0.29) is 41.7 Å². The van der Waals surface area contributed by atoms with Crippen LogP contribution < -0.4 is 9.64 Å². The van der Waals surface area contributed by atoms with Gasteiger partial charge in [0.05, 0.1) is 23.4 Å². The van der Waals surface area contributed by atoms with Crippen molar-refractivity contribution in [3.05, 3.63) is 60.2 Å². The highest BCUT2D eigenvalue weighted by molar-refractivity contribution is 6.22. The Bertz CT molecular complexity index is 1150. The van der Waals surface area contributed by atoms with Gasteiger partial charge < -0.3 is 9.64 Å². The van der Waals surface area contributed by atoms with Crippen molar-refractivity contribution >= 4 is 29.4 Å². The number of hydrogen-bond donors (Lipinski definition) is 0. The topological polar surface area (TPSA) is 84.0 Å². The van der Waals surface area contributed by atoms with E-state index in [1.165, 1.54) is 4.90 Å². The minimum absolute atomic E-state index is 0.0750. The number of benzene rings is 2. The fourth-order valence-electron chi connectivity index (χ4n) is 6.44. The van der Waals surface area contributed by atoms with Crippen molar-refractivity contribution in [3.63, 3.8) is 0 Å². The highest BCUT2D eigenvalue weighted by atomic mass is 16.5. The minimum Gasteiger partial charge on any atom is -0.426 e. The number of imide groups is 1. The summed E-state index contributed by atoms with van der Waals surface area (Å²) in [4.78, 5) is 54.4. The molecule has 0 N–H and O–H groups in total. The number of ether oxygens (including phenoxy) is 1. The van der Waals surface area contributed by atoms with Gasteiger partial charge in [0.25, 0.3) is 0 Å².